The lowest BCUT2D eigenvalue weighted by Gasteiger charge is -2.10. The quantitative estimate of drug-likeness (QED) is 0.752. The van der Waals surface area contributed by atoms with Gasteiger partial charge in [-0.3, -0.25) is 0 Å². The summed E-state index contributed by atoms with van der Waals surface area (Å²) in [4.78, 5) is 4.09. The van der Waals surface area contributed by atoms with E-state index in [0.29, 0.717) is 24.8 Å². The highest BCUT2D eigenvalue weighted by Gasteiger charge is 2.02. The van der Waals surface area contributed by atoms with E-state index in [-0.39, 0.29) is 6.10 Å². The molecule has 0 amide bonds. The minimum absolute atomic E-state index is 0.219. The summed E-state index contributed by atoms with van der Waals surface area (Å²) in [5.74, 6) is 0.480. The van der Waals surface area contributed by atoms with Crippen LogP contribution in [0.2, 0.25) is 0 Å². The van der Waals surface area contributed by atoms with Crippen molar-refractivity contribution in [3.63, 3.8) is 0 Å². The molecule has 0 unspecified atom stereocenters. The number of aryl methyl sites for hydroxylation is 1. The van der Waals surface area contributed by atoms with Gasteiger partial charge in [-0.2, -0.15) is 0 Å². The van der Waals surface area contributed by atoms with E-state index in [9.17, 15) is 0 Å². The number of pyridine rings is 1. The van der Waals surface area contributed by atoms with Gasteiger partial charge in [0.05, 0.1) is 18.4 Å². The van der Waals surface area contributed by atoms with E-state index in [0.717, 1.165) is 5.56 Å². The van der Waals surface area contributed by atoms with Crippen LogP contribution < -0.4 is 10.5 Å². The molecule has 1 rings (SSSR count). The highest BCUT2D eigenvalue weighted by molar-refractivity contribution is 5.49. The van der Waals surface area contributed by atoms with Crippen molar-refractivity contribution in [2.45, 2.75) is 26.9 Å². The number of nitrogens with zero attached hydrogens (tertiary/aromatic N) is 1. The van der Waals surface area contributed by atoms with E-state index < -0.39 is 0 Å². The second kappa shape index (κ2) is 5.56. The molecule has 0 spiro atoms. The van der Waals surface area contributed by atoms with Gasteiger partial charge in [0.1, 0.15) is 6.61 Å². The Hall–Kier alpha value is -1.29. The fourth-order valence-corrected chi connectivity index (χ4v) is 1.12. The Balaban J connectivity index is 2.37. The summed E-state index contributed by atoms with van der Waals surface area (Å²) in [7, 11) is 0. The molecule has 1 heterocycles. The molecule has 84 valence electrons. The fraction of sp³-hybridized carbons (Fsp3) is 0.545. The minimum atomic E-state index is 0.219. The van der Waals surface area contributed by atoms with Crippen LogP contribution in [0.3, 0.4) is 0 Å². The topological polar surface area (TPSA) is 57.4 Å². The first-order valence-corrected chi connectivity index (χ1v) is 5.06. The van der Waals surface area contributed by atoms with E-state index in [1.165, 1.54) is 0 Å². The molecular formula is C11H18N2O2. The fourth-order valence-electron chi connectivity index (χ4n) is 1.12. The van der Waals surface area contributed by atoms with Gasteiger partial charge in [-0.25, -0.2) is 4.98 Å². The van der Waals surface area contributed by atoms with Crippen molar-refractivity contribution >= 4 is 5.69 Å². The lowest BCUT2D eigenvalue weighted by atomic mass is 10.3. The molecule has 1 aromatic rings. The molecular weight excluding hydrogens is 192 g/mol. The predicted molar refractivity (Wildman–Crippen MR) is 60.0 cm³/mol. The third-order valence-electron chi connectivity index (χ3n) is 1.79. The third kappa shape index (κ3) is 4.16. The zero-order valence-electron chi connectivity index (χ0n) is 9.49. The molecule has 15 heavy (non-hydrogen) atoms. The molecule has 0 atom stereocenters. The SMILES string of the molecule is Cc1cnc(OCCOC(C)C)c(N)c1. The number of nitrogen functional groups attached to an aromatic ring is 1. The second-order valence-corrected chi connectivity index (χ2v) is 3.68. The molecule has 4 nitrogen and oxygen atoms in total. The summed E-state index contributed by atoms with van der Waals surface area (Å²) < 4.78 is 10.7. The maximum atomic E-state index is 5.74. The highest BCUT2D eigenvalue weighted by Crippen LogP contribution is 2.18. The van der Waals surface area contributed by atoms with Crippen LogP contribution >= 0.6 is 0 Å². The molecule has 0 aromatic carbocycles. The molecule has 2 N–H and O–H groups in total. The van der Waals surface area contributed by atoms with Crippen LogP contribution in [0.25, 0.3) is 0 Å². The molecule has 0 saturated carbocycles. The number of anilines is 1. The molecule has 0 bridgehead atoms. The average molecular weight is 210 g/mol. The Bertz CT molecular complexity index is 313. The van der Waals surface area contributed by atoms with Crippen molar-refractivity contribution in [2.24, 2.45) is 0 Å². The normalized spacial score (nSPS) is 10.7. The summed E-state index contributed by atoms with van der Waals surface area (Å²) in [5, 5.41) is 0. The standard InChI is InChI=1S/C11H18N2O2/c1-8(2)14-4-5-15-11-10(12)6-9(3)7-13-11/h6-8H,4-5,12H2,1-3H3. The van der Waals surface area contributed by atoms with Gasteiger partial charge in [0, 0.05) is 6.20 Å². The zero-order chi connectivity index (χ0) is 11.3. The number of hydrogen-bond acceptors (Lipinski definition) is 4. The van der Waals surface area contributed by atoms with E-state index in [2.05, 4.69) is 4.98 Å². The van der Waals surface area contributed by atoms with Crippen LogP contribution in [-0.2, 0) is 4.74 Å². The summed E-state index contributed by atoms with van der Waals surface area (Å²) in [6.45, 7) is 6.93. The van der Waals surface area contributed by atoms with Gasteiger partial charge in [-0.05, 0) is 32.4 Å². The Morgan fingerprint density at radius 1 is 1.40 bits per heavy atom. The molecule has 0 aliphatic carbocycles. The number of aromatic nitrogens is 1. The van der Waals surface area contributed by atoms with Gasteiger partial charge in [0.25, 0.3) is 0 Å². The Morgan fingerprint density at radius 2 is 2.13 bits per heavy atom. The van der Waals surface area contributed by atoms with Crippen LogP contribution in [0.1, 0.15) is 19.4 Å². The number of ether oxygens (including phenoxy) is 2. The molecule has 0 radical (unpaired) electrons. The van der Waals surface area contributed by atoms with Crippen molar-refractivity contribution in [1.82, 2.24) is 4.98 Å². The summed E-state index contributed by atoms with van der Waals surface area (Å²) in [6.07, 6.45) is 1.95. The first kappa shape index (κ1) is 11.8. The van der Waals surface area contributed by atoms with Crippen molar-refractivity contribution in [1.29, 1.82) is 0 Å². The smallest absolute Gasteiger partial charge is 0.237 e. The summed E-state index contributed by atoms with van der Waals surface area (Å²) >= 11 is 0. The van der Waals surface area contributed by atoms with Gasteiger partial charge in [0.15, 0.2) is 0 Å². The zero-order valence-corrected chi connectivity index (χ0v) is 9.49. The van der Waals surface area contributed by atoms with Crippen LogP contribution in [0, 0.1) is 6.92 Å². The molecule has 0 aliphatic heterocycles. The Morgan fingerprint density at radius 3 is 2.73 bits per heavy atom. The monoisotopic (exact) mass is 210 g/mol. The lowest BCUT2D eigenvalue weighted by molar-refractivity contribution is 0.0544. The van der Waals surface area contributed by atoms with Crippen LogP contribution in [0.15, 0.2) is 12.3 Å². The molecule has 0 aliphatic rings. The largest absolute Gasteiger partial charge is 0.474 e. The first-order valence-electron chi connectivity index (χ1n) is 5.06. The van der Waals surface area contributed by atoms with Crippen molar-refractivity contribution in [3.8, 4) is 5.88 Å². The van der Waals surface area contributed by atoms with Crippen molar-refractivity contribution in [2.75, 3.05) is 18.9 Å². The van der Waals surface area contributed by atoms with Gasteiger partial charge in [0.2, 0.25) is 5.88 Å². The van der Waals surface area contributed by atoms with E-state index >= 15 is 0 Å². The lowest BCUT2D eigenvalue weighted by Crippen LogP contribution is -2.12. The second-order valence-electron chi connectivity index (χ2n) is 3.68. The van der Waals surface area contributed by atoms with Crippen LogP contribution in [-0.4, -0.2) is 24.3 Å². The average Bonchev–Trinajstić information content (AvgIpc) is 2.14. The highest BCUT2D eigenvalue weighted by atomic mass is 16.5. The van der Waals surface area contributed by atoms with Gasteiger partial charge in [-0.1, -0.05) is 0 Å². The van der Waals surface area contributed by atoms with E-state index in [1.807, 2.05) is 26.8 Å². The van der Waals surface area contributed by atoms with Gasteiger partial charge >= 0.3 is 0 Å². The molecule has 0 fully saturated rings. The van der Waals surface area contributed by atoms with Crippen molar-refractivity contribution < 1.29 is 9.47 Å². The number of rotatable bonds is 5. The van der Waals surface area contributed by atoms with E-state index in [4.69, 9.17) is 15.2 Å². The Labute approximate surface area is 90.4 Å². The number of nitrogens with two attached hydrogens (primary N) is 1. The van der Waals surface area contributed by atoms with Crippen LogP contribution in [0.5, 0.6) is 5.88 Å². The maximum absolute atomic E-state index is 5.74. The minimum Gasteiger partial charge on any atom is -0.474 e. The first-order chi connectivity index (χ1) is 7.09. The molecule has 4 heteroatoms. The van der Waals surface area contributed by atoms with Crippen LogP contribution in [0.4, 0.5) is 5.69 Å². The maximum Gasteiger partial charge on any atom is 0.237 e. The molecule has 1 aromatic heterocycles. The third-order valence-corrected chi connectivity index (χ3v) is 1.79. The van der Waals surface area contributed by atoms with Gasteiger partial charge in [-0.15, -0.1) is 0 Å². The Kier molecular flexibility index (Phi) is 4.37. The summed E-state index contributed by atoms with van der Waals surface area (Å²) in [5.41, 5.74) is 7.33. The van der Waals surface area contributed by atoms with Gasteiger partial charge < -0.3 is 15.2 Å². The summed E-state index contributed by atoms with van der Waals surface area (Å²) in [6, 6.07) is 1.84. The van der Waals surface area contributed by atoms with E-state index in [1.54, 1.807) is 6.20 Å². The molecule has 0 saturated heterocycles. The van der Waals surface area contributed by atoms with Crippen molar-refractivity contribution in [3.05, 3.63) is 17.8 Å². The number of hydrogen-bond donors (Lipinski definition) is 1. The predicted octanol–water partition coefficient (Wildman–Crippen LogP) is 1.78.